The fourth-order valence-electron chi connectivity index (χ4n) is 3.46. The summed E-state index contributed by atoms with van der Waals surface area (Å²) in [6.45, 7) is 1.93. The SMILES string of the molecule is CCOC(=O)c1cccc(NC(=O)c2cccc(NC3=C(Cl)C(=O)N(c4ccc(F)cc4)C3=O)c2)c1. The molecule has 1 aliphatic heterocycles. The van der Waals surface area contributed by atoms with Crippen molar-refractivity contribution < 1.29 is 28.3 Å². The van der Waals surface area contributed by atoms with Gasteiger partial charge in [-0.2, -0.15) is 0 Å². The standard InChI is InChI=1S/C26H19ClFN3O5/c1-2-36-26(35)16-6-4-8-19(14-16)30-23(32)15-5-3-7-18(13-15)29-22-21(27)24(33)31(25(22)34)20-11-9-17(28)10-12-20/h3-14,29H,2H2,1H3,(H,30,32). The molecule has 182 valence electrons. The molecule has 3 aromatic carbocycles. The van der Waals surface area contributed by atoms with Crippen molar-refractivity contribution in [2.75, 3.05) is 22.1 Å². The summed E-state index contributed by atoms with van der Waals surface area (Å²) in [6, 6.07) is 17.3. The van der Waals surface area contributed by atoms with Crippen molar-refractivity contribution in [2.45, 2.75) is 6.92 Å². The lowest BCUT2D eigenvalue weighted by molar-refractivity contribution is -0.120. The van der Waals surface area contributed by atoms with Crippen LogP contribution in [0.25, 0.3) is 0 Å². The molecule has 36 heavy (non-hydrogen) atoms. The van der Waals surface area contributed by atoms with Crippen molar-refractivity contribution >= 4 is 52.4 Å². The summed E-state index contributed by atoms with van der Waals surface area (Å²) < 4.78 is 18.2. The summed E-state index contributed by atoms with van der Waals surface area (Å²) in [5.41, 5.74) is 1.25. The Bertz CT molecular complexity index is 1400. The second-order valence-electron chi connectivity index (χ2n) is 7.57. The van der Waals surface area contributed by atoms with Crippen LogP contribution >= 0.6 is 11.6 Å². The first kappa shape index (κ1) is 24.6. The monoisotopic (exact) mass is 507 g/mol. The highest BCUT2D eigenvalue weighted by Crippen LogP contribution is 2.30. The number of amides is 3. The second kappa shape index (κ2) is 10.4. The maximum Gasteiger partial charge on any atom is 0.338 e. The van der Waals surface area contributed by atoms with E-state index in [0.717, 1.165) is 17.0 Å². The Kier molecular flexibility index (Phi) is 7.12. The molecule has 3 amide bonds. The number of benzene rings is 3. The number of hydrogen-bond donors (Lipinski definition) is 2. The van der Waals surface area contributed by atoms with Crippen LogP contribution < -0.4 is 15.5 Å². The molecule has 0 radical (unpaired) electrons. The average Bonchev–Trinajstić information content (AvgIpc) is 3.08. The first-order valence-electron chi connectivity index (χ1n) is 10.8. The van der Waals surface area contributed by atoms with E-state index < -0.39 is 29.5 Å². The molecule has 2 N–H and O–H groups in total. The maximum atomic E-state index is 13.2. The molecular formula is C26H19ClFN3O5. The number of nitrogens with one attached hydrogen (secondary N) is 2. The first-order valence-corrected chi connectivity index (χ1v) is 11.2. The third-order valence-corrected chi connectivity index (χ3v) is 5.49. The molecule has 0 fully saturated rings. The number of halogens is 2. The number of hydrogen-bond acceptors (Lipinski definition) is 6. The summed E-state index contributed by atoms with van der Waals surface area (Å²) in [4.78, 5) is 51.1. The third kappa shape index (κ3) is 5.11. The molecular weight excluding hydrogens is 489 g/mol. The van der Waals surface area contributed by atoms with Crippen molar-refractivity contribution in [1.82, 2.24) is 0 Å². The molecule has 0 saturated carbocycles. The van der Waals surface area contributed by atoms with Crippen LogP contribution in [-0.4, -0.2) is 30.3 Å². The largest absolute Gasteiger partial charge is 0.462 e. The summed E-state index contributed by atoms with van der Waals surface area (Å²) in [5.74, 6) is -2.97. The van der Waals surface area contributed by atoms with E-state index in [2.05, 4.69) is 10.6 Å². The van der Waals surface area contributed by atoms with Crippen LogP contribution in [0, 0.1) is 5.82 Å². The zero-order chi connectivity index (χ0) is 25.8. The highest BCUT2D eigenvalue weighted by Gasteiger charge is 2.39. The van der Waals surface area contributed by atoms with Gasteiger partial charge in [0.25, 0.3) is 17.7 Å². The quantitative estimate of drug-likeness (QED) is 0.355. The average molecular weight is 508 g/mol. The normalized spacial score (nSPS) is 13.1. The Morgan fingerprint density at radius 1 is 0.917 bits per heavy atom. The highest BCUT2D eigenvalue weighted by atomic mass is 35.5. The molecule has 0 bridgehead atoms. The molecule has 0 aromatic heterocycles. The fraction of sp³-hybridized carbons (Fsp3) is 0.0769. The van der Waals surface area contributed by atoms with E-state index in [1.807, 2.05) is 0 Å². The predicted molar refractivity (Wildman–Crippen MR) is 132 cm³/mol. The maximum absolute atomic E-state index is 13.2. The summed E-state index contributed by atoms with van der Waals surface area (Å²) >= 11 is 6.14. The van der Waals surface area contributed by atoms with Crippen LogP contribution in [0.4, 0.5) is 21.5 Å². The number of imide groups is 1. The van der Waals surface area contributed by atoms with Crippen LogP contribution in [0.5, 0.6) is 0 Å². The van der Waals surface area contributed by atoms with Crippen molar-refractivity contribution in [3.05, 3.63) is 100 Å². The predicted octanol–water partition coefficient (Wildman–Crippen LogP) is 4.69. The molecule has 1 heterocycles. The van der Waals surface area contributed by atoms with Crippen LogP contribution in [-0.2, 0) is 14.3 Å². The number of anilines is 3. The topological polar surface area (TPSA) is 105 Å². The number of ether oxygens (including phenoxy) is 1. The molecule has 3 aromatic rings. The Morgan fingerprint density at radius 3 is 2.25 bits per heavy atom. The second-order valence-corrected chi connectivity index (χ2v) is 7.95. The fourth-order valence-corrected chi connectivity index (χ4v) is 3.67. The molecule has 0 atom stereocenters. The number of nitrogens with zero attached hydrogens (tertiary/aromatic N) is 1. The van der Waals surface area contributed by atoms with E-state index in [1.165, 1.54) is 24.3 Å². The Morgan fingerprint density at radius 2 is 1.56 bits per heavy atom. The summed E-state index contributed by atoms with van der Waals surface area (Å²) in [5, 5.41) is 5.16. The van der Waals surface area contributed by atoms with Crippen LogP contribution in [0.1, 0.15) is 27.6 Å². The summed E-state index contributed by atoms with van der Waals surface area (Å²) in [7, 11) is 0. The number of carbonyl (C=O) groups excluding carboxylic acids is 4. The number of rotatable bonds is 7. The highest BCUT2D eigenvalue weighted by molar-refractivity contribution is 6.53. The Labute approximate surface area is 210 Å². The molecule has 8 nitrogen and oxygen atoms in total. The van der Waals surface area contributed by atoms with Gasteiger partial charge >= 0.3 is 5.97 Å². The lowest BCUT2D eigenvalue weighted by Gasteiger charge is -2.15. The zero-order valence-electron chi connectivity index (χ0n) is 18.9. The van der Waals surface area contributed by atoms with Gasteiger partial charge in [0.2, 0.25) is 0 Å². The Balaban J connectivity index is 1.50. The van der Waals surface area contributed by atoms with Gasteiger partial charge in [-0.1, -0.05) is 23.7 Å². The van der Waals surface area contributed by atoms with E-state index in [1.54, 1.807) is 43.3 Å². The van der Waals surface area contributed by atoms with Crippen LogP contribution in [0.15, 0.2) is 83.5 Å². The molecule has 0 spiro atoms. The lowest BCUT2D eigenvalue weighted by atomic mass is 10.1. The smallest absolute Gasteiger partial charge is 0.338 e. The van der Waals surface area contributed by atoms with Gasteiger partial charge in [-0.15, -0.1) is 0 Å². The minimum Gasteiger partial charge on any atom is -0.462 e. The van der Waals surface area contributed by atoms with Crippen LogP contribution in [0.2, 0.25) is 0 Å². The molecule has 0 aliphatic carbocycles. The molecule has 4 rings (SSSR count). The van der Waals surface area contributed by atoms with Crippen molar-refractivity contribution in [3.63, 3.8) is 0 Å². The van der Waals surface area contributed by atoms with E-state index in [9.17, 15) is 23.6 Å². The van der Waals surface area contributed by atoms with Gasteiger partial charge < -0.3 is 15.4 Å². The van der Waals surface area contributed by atoms with E-state index in [-0.39, 0.29) is 28.6 Å². The van der Waals surface area contributed by atoms with E-state index in [0.29, 0.717) is 16.9 Å². The molecule has 0 saturated heterocycles. The van der Waals surface area contributed by atoms with Crippen molar-refractivity contribution in [1.29, 1.82) is 0 Å². The summed E-state index contributed by atoms with van der Waals surface area (Å²) in [6.07, 6.45) is 0. The van der Waals surface area contributed by atoms with Crippen LogP contribution in [0.3, 0.4) is 0 Å². The molecule has 10 heteroatoms. The van der Waals surface area contributed by atoms with Crippen molar-refractivity contribution in [3.8, 4) is 0 Å². The van der Waals surface area contributed by atoms with Gasteiger partial charge in [-0.05, 0) is 67.6 Å². The van der Waals surface area contributed by atoms with Gasteiger partial charge in [0.05, 0.1) is 17.9 Å². The zero-order valence-corrected chi connectivity index (χ0v) is 19.6. The minimum atomic E-state index is -0.758. The van der Waals surface area contributed by atoms with Gasteiger partial charge in [-0.25, -0.2) is 14.1 Å². The van der Waals surface area contributed by atoms with E-state index >= 15 is 0 Å². The first-order chi connectivity index (χ1) is 17.3. The van der Waals surface area contributed by atoms with Gasteiger partial charge in [-0.3, -0.25) is 14.4 Å². The van der Waals surface area contributed by atoms with Gasteiger partial charge in [0, 0.05) is 16.9 Å². The minimum absolute atomic E-state index is 0.166. The van der Waals surface area contributed by atoms with E-state index in [4.69, 9.17) is 16.3 Å². The third-order valence-electron chi connectivity index (χ3n) is 5.14. The number of esters is 1. The lowest BCUT2D eigenvalue weighted by Crippen LogP contribution is -2.32. The van der Waals surface area contributed by atoms with Gasteiger partial charge in [0.15, 0.2) is 0 Å². The molecule has 1 aliphatic rings. The molecule has 0 unspecified atom stereocenters. The number of carbonyl (C=O) groups is 4. The van der Waals surface area contributed by atoms with Crippen molar-refractivity contribution in [2.24, 2.45) is 0 Å². The van der Waals surface area contributed by atoms with Gasteiger partial charge in [0.1, 0.15) is 16.5 Å². The Hall–Kier alpha value is -4.50.